The monoisotopic (exact) mass is 224 g/mol. The number of nitrogens with zero attached hydrogens (tertiary/aromatic N) is 2. The van der Waals surface area contributed by atoms with E-state index in [1.54, 1.807) is 0 Å². The van der Waals surface area contributed by atoms with Crippen LogP contribution in [0.5, 0.6) is 0 Å². The minimum absolute atomic E-state index is 0.836. The third-order valence-electron chi connectivity index (χ3n) is 4.53. The van der Waals surface area contributed by atoms with Crippen molar-refractivity contribution in [3.8, 4) is 0 Å². The second-order valence-corrected chi connectivity index (χ2v) is 6.00. The van der Waals surface area contributed by atoms with Gasteiger partial charge in [-0.2, -0.15) is 0 Å². The lowest BCUT2D eigenvalue weighted by atomic mass is 9.88. The summed E-state index contributed by atoms with van der Waals surface area (Å²) in [5.41, 5.74) is 0. The fraction of sp³-hybridized carbons (Fsp3) is 1.00. The van der Waals surface area contributed by atoms with Gasteiger partial charge in [-0.25, -0.2) is 0 Å². The lowest BCUT2D eigenvalue weighted by Crippen LogP contribution is -2.43. The summed E-state index contributed by atoms with van der Waals surface area (Å²) in [5.74, 6) is 1.02. The highest BCUT2D eigenvalue weighted by Crippen LogP contribution is 2.25. The van der Waals surface area contributed by atoms with E-state index in [4.69, 9.17) is 0 Å². The summed E-state index contributed by atoms with van der Waals surface area (Å²) >= 11 is 0. The molecule has 0 amide bonds. The molecule has 0 unspecified atom stereocenters. The molecule has 0 aromatic rings. The second kappa shape index (κ2) is 6.02. The van der Waals surface area contributed by atoms with Crippen LogP contribution in [0.3, 0.4) is 0 Å². The maximum atomic E-state index is 2.72. The molecule has 2 nitrogen and oxygen atoms in total. The van der Waals surface area contributed by atoms with Crippen molar-refractivity contribution in [2.24, 2.45) is 5.92 Å². The van der Waals surface area contributed by atoms with Crippen LogP contribution in [-0.4, -0.2) is 49.6 Å². The van der Waals surface area contributed by atoms with Crippen molar-refractivity contribution in [2.75, 3.05) is 33.7 Å². The highest BCUT2D eigenvalue weighted by Gasteiger charge is 2.23. The average Bonchev–Trinajstić information content (AvgIpc) is 2.31. The first-order valence-electron chi connectivity index (χ1n) is 7.14. The fourth-order valence-corrected chi connectivity index (χ4v) is 3.35. The molecule has 0 spiro atoms. The van der Waals surface area contributed by atoms with Gasteiger partial charge in [-0.05, 0) is 58.8 Å². The zero-order valence-electron chi connectivity index (χ0n) is 11.1. The first-order valence-corrected chi connectivity index (χ1v) is 7.14. The van der Waals surface area contributed by atoms with Crippen LogP contribution in [0.25, 0.3) is 0 Å². The molecule has 2 aliphatic rings. The van der Waals surface area contributed by atoms with Crippen molar-refractivity contribution in [3.63, 3.8) is 0 Å². The normalized spacial score (nSPS) is 26.4. The molecule has 1 aliphatic heterocycles. The lowest BCUT2D eigenvalue weighted by molar-refractivity contribution is 0.121. The van der Waals surface area contributed by atoms with Gasteiger partial charge in [0.25, 0.3) is 0 Å². The molecular formula is C14H28N2. The van der Waals surface area contributed by atoms with E-state index in [1.807, 2.05) is 0 Å². The number of hydrogen-bond donors (Lipinski definition) is 0. The molecule has 94 valence electrons. The maximum Gasteiger partial charge on any atom is 0.0113 e. The van der Waals surface area contributed by atoms with Gasteiger partial charge < -0.3 is 9.80 Å². The molecule has 0 atom stereocenters. The molecule has 1 heterocycles. The van der Waals surface area contributed by atoms with E-state index < -0.39 is 0 Å². The Morgan fingerprint density at radius 2 is 1.56 bits per heavy atom. The molecule has 0 bridgehead atoms. The molecule has 0 N–H and O–H groups in total. The minimum Gasteiger partial charge on any atom is -0.306 e. The van der Waals surface area contributed by atoms with Gasteiger partial charge in [-0.1, -0.05) is 19.3 Å². The van der Waals surface area contributed by atoms with Crippen LogP contribution in [0.2, 0.25) is 0 Å². The highest BCUT2D eigenvalue weighted by molar-refractivity contribution is 4.79. The van der Waals surface area contributed by atoms with Crippen LogP contribution in [0, 0.1) is 5.92 Å². The molecule has 1 aliphatic carbocycles. The van der Waals surface area contributed by atoms with Gasteiger partial charge in [-0.3, -0.25) is 0 Å². The van der Waals surface area contributed by atoms with Crippen LogP contribution in [0.15, 0.2) is 0 Å². The summed E-state index contributed by atoms with van der Waals surface area (Å²) in [7, 11) is 4.45. The van der Waals surface area contributed by atoms with Gasteiger partial charge >= 0.3 is 0 Å². The minimum atomic E-state index is 0.836. The van der Waals surface area contributed by atoms with E-state index >= 15 is 0 Å². The zero-order valence-corrected chi connectivity index (χ0v) is 11.1. The molecule has 0 aromatic heterocycles. The van der Waals surface area contributed by atoms with E-state index in [1.165, 1.54) is 64.6 Å². The lowest BCUT2D eigenvalue weighted by Gasteiger charge is -2.37. The summed E-state index contributed by atoms with van der Waals surface area (Å²) in [6, 6.07) is 0.836. The van der Waals surface area contributed by atoms with Gasteiger partial charge in [0.15, 0.2) is 0 Å². The highest BCUT2D eigenvalue weighted by atomic mass is 15.2. The summed E-state index contributed by atoms with van der Waals surface area (Å²) in [6.45, 7) is 4.05. The maximum absolute atomic E-state index is 2.72. The molecule has 2 rings (SSSR count). The van der Waals surface area contributed by atoms with Crippen LogP contribution in [0.4, 0.5) is 0 Å². The quantitative estimate of drug-likeness (QED) is 0.727. The van der Waals surface area contributed by atoms with Crippen LogP contribution in [-0.2, 0) is 0 Å². The summed E-state index contributed by atoms with van der Waals surface area (Å²) in [5, 5.41) is 0. The standard InChI is InChI=1S/C14H28N2/c1-15(2)14-8-10-16(11-9-14)12-13-6-4-3-5-7-13/h13-14H,3-12H2,1-2H3. The topological polar surface area (TPSA) is 6.48 Å². The Kier molecular flexibility index (Phi) is 4.66. The van der Waals surface area contributed by atoms with Crippen LogP contribution in [0.1, 0.15) is 44.9 Å². The molecule has 2 heteroatoms. The van der Waals surface area contributed by atoms with Crippen LogP contribution >= 0.6 is 0 Å². The molecule has 0 radical (unpaired) electrons. The molecule has 1 saturated carbocycles. The van der Waals surface area contributed by atoms with Crippen molar-refractivity contribution in [1.29, 1.82) is 0 Å². The largest absolute Gasteiger partial charge is 0.306 e. The Morgan fingerprint density at radius 1 is 0.938 bits per heavy atom. The molecular weight excluding hydrogens is 196 g/mol. The molecule has 1 saturated heterocycles. The summed E-state index contributed by atoms with van der Waals surface area (Å²) in [6.07, 6.45) is 10.2. The number of rotatable bonds is 3. The van der Waals surface area contributed by atoms with Crippen molar-refractivity contribution < 1.29 is 0 Å². The van der Waals surface area contributed by atoms with Crippen molar-refractivity contribution in [3.05, 3.63) is 0 Å². The predicted octanol–water partition coefficient (Wildman–Crippen LogP) is 2.59. The van der Waals surface area contributed by atoms with E-state index in [0.717, 1.165) is 12.0 Å². The molecule has 2 fully saturated rings. The smallest absolute Gasteiger partial charge is 0.0113 e. The van der Waals surface area contributed by atoms with Crippen molar-refractivity contribution in [2.45, 2.75) is 51.0 Å². The van der Waals surface area contributed by atoms with E-state index in [2.05, 4.69) is 23.9 Å². The number of likely N-dealkylation sites (tertiary alicyclic amines) is 1. The predicted molar refractivity (Wildman–Crippen MR) is 69.7 cm³/mol. The first kappa shape index (κ1) is 12.4. The third kappa shape index (κ3) is 3.46. The van der Waals surface area contributed by atoms with Crippen molar-refractivity contribution in [1.82, 2.24) is 9.80 Å². The van der Waals surface area contributed by atoms with Gasteiger partial charge in [0.2, 0.25) is 0 Å². The van der Waals surface area contributed by atoms with E-state index in [-0.39, 0.29) is 0 Å². The summed E-state index contributed by atoms with van der Waals surface area (Å²) < 4.78 is 0. The Labute approximate surface area is 101 Å². The second-order valence-electron chi connectivity index (χ2n) is 6.00. The Balaban J connectivity index is 1.68. The Hall–Kier alpha value is -0.0800. The fourth-order valence-electron chi connectivity index (χ4n) is 3.35. The third-order valence-corrected chi connectivity index (χ3v) is 4.53. The first-order chi connectivity index (χ1) is 7.75. The summed E-state index contributed by atoms with van der Waals surface area (Å²) in [4.78, 5) is 5.12. The molecule has 0 aromatic carbocycles. The zero-order chi connectivity index (χ0) is 11.4. The van der Waals surface area contributed by atoms with Crippen LogP contribution < -0.4 is 0 Å². The van der Waals surface area contributed by atoms with Crippen molar-refractivity contribution >= 4 is 0 Å². The SMILES string of the molecule is CN(C)C1CCN(CC2CCCCC2)CC1. The Bertz CT molecular complexity index is 189. The van der Waals surface area contributed by atoms with Gasteiger partial charge in [0.05, 0.1) is 0 Å². The van der Waals surface area contributed by atoms with E-state index in [9.17, 15) is 0 Å². The van der Waals surface area contributed by atoms with Gasteiger partial charge in [-0.15, -0.1) is 0 Å². The molecule has 16 heavy (non-hydrogen) atoms. The number of hydrogen-bond acceptors (Lipinski definition) is 2. The van der Waals surface area contributed by atoms with E-state index in [0.29, 0.717) is 0 Å². The van der Waals surface area contributed by atoms with Gasteiger partial charge in [0.1, 0.15) is 0 Å². The Morgan fingerprint density at radius 3 is 2.12 bits per heavy atom. The van der Waals surface area contributed by atoms with Gasteiger partial charge in [0, 0.05) is 12.6 Å². The number of piperidine rings is 1. The average molecular weight is 224 g/mol.